The summed E-state index contributed by atoms with van der Waals surface area (Å²) in [6.07, 6.45) is 4.39. The maximum absolute atomic E-state index is 11.3. The van der Waals surface area contributed by atoms with Crippen LogP contribution in [0.1, 0.15) is 19.4 Å². The quantitative estimate of drug-likeness (QED) is 0.792. The molecule has 2 aromatic rings. The van der Waals surface area contributed by atoms with Crippen molar-refractivity contribution in [1.82, 2.24) is 4.98 Å². The molecule has 0 bridgehead atoms. The van der Waals surface area contributed by atoms with Crippen LogP contribution in [0.2, 0.25) is 0 Å². The number of fused-ring (bicyclic) bond motifs is 1. The lowest BCUT2D eigenvalue weighted by Gasteiger charge is -2.17. The fourth-order valence-corrected chi connectivity index (χ4v) is 2.57. The summed E-state index contributed by atoms with van der Waals surface area (Å²) < 4.78 is 14.2. The fraction of sp³-hybridized carbons (Fsp3) is 0.385. The molecule has 98 valence electrons. The van der Waals surface area contributed by atoms with Crippen LogP contribution in [0.5, 0.6) is 0 Å². The van der Waals surface area contributed by atoms with Gasteiger partial charge < -0.3 is 15.4 Å². The van der Waals surface area contributed by atoms with Crippen LogP contribution < -0.4 is 10.5 Å². The SMILES string of the molecule is CS(=O)Nc1cccc2c(CC(C)(C)N)c[nH]c12. The number of nitrogens with two attached hydrogens (primary N) is 1. The van der Waals surface area contributed by atoms with E-state index in [0.29, 0.717) is 0 Å². The van der Waals surface area contributed by atoms with Crippen molar-refractivity contribution in [3.63, 3.8) is 0 Å². The van der Waals surface area contributed by atoms with Gasteiger partial charge in [0.25, 0.3) is 0 Å². The summed E-state index contributed by atoms with van der Waals surface area (Å²) in [6, 6.07) is 5.92. The van der Waals surface area contributed by atoms with Crippen LogP contribution in [0.15, 0.2) is 24.4 Å². The molecule has 0 aliphatic carbocycles. The number of nitrogens with one attached hydrogen (secondary N) is 2. The molecule has 0 amide bonds. The molecule has 4 nitrogen and oxygen atoms in total. The van der Waals surface area contributed by atoms with Gasteiger partial charge in [0.2, 0.25) is 0 Å². The Hall–Kier alpha value is -1.33. The minimum Gasteiger partial charge on any atom is -0.359 e. The lowest BCUT2D eigenvalue weighted by molar-refractivity contribution is 0.518. The normalized spacial score (nSPS) is 13.8. The third kappa shape index (κ3) is 2.91. The standard InChI is InChI=1S/C13H19N3OS/c1-13(2,14)7-9-8-15-12-10(9)5-4-6-11(12)16-18(3)17/h4-6,8,15-16H,7,14H2,1-3H3. The number of anilines is 1. The number of H-pyrrole nitrogens is 1. The smallest absolute Gasteiger partial charge is 0.114 e. The highest BCUT2D eigenvalue weighted by atomic mass is 32.2. The number of benzene rings is 1. The molecule has 1 atom stereocenters. The van der Waals surface area contributed by atoms with E-state index in [4.69, 9.17) is 5.73 Å². The summed E-state index contributed by atoms with van der Waals surface area (Å²) in [4.78, 5) is 3.23. The minimum absolute atomic E-state index is 0.244. The summed E-state index contributed by atoms with van der Waals surface area (Å²) in [5, 5.41) is 1.13. The molecule has 5 heteroatoms. The van der Waals surface area contributed by atoms with Gasteiger partial charge in [0.1, 0.15) is 11.0 Å². The Morgan fingerprint density at radius 3 is 2.78 bits per heavy atom. The van der Waals surface area contributed by atoms with Crippen molar-refractivity contribution in [2.24, 2.45) is 5.73 Å². The molecule has 4 N–H and O–H groups in total. The highest BCUT2D eigenvalue weighted by molar-refractivity contribution is 7.85. The maximum Gasteiger partial charge on any atom is 0.114 e. The van der Waals surface area contributed by atoms with Gasteiger partial charge in [-0.2, -0.15) is 0 Å². The Balaban J connectivity index is 2.45. The number of aromatic nitrogens is 1. The Bertz CT molecular complexity index is 583. The van der Waals surface area contributed by atoms with Crippen molar-refractivity contribution in [1.29, 1.82) is 0 Å². The average molecular weight is 265 g/mol. The van der Waals surface area contributed by atoms with E-state index in [2.05, 4.69) is 15.8 Å². The van der Waals surface area contributed by atoms with Crippen molar-refractivity contribution < 1.29 is 4.21 Å². The van der Waals surface area contributed by atoms with Gasteiger partial charge in [0.15, 0.2) is 0 Å². The fourth-order valence-electron chi connectivity index (χ4n) is 2.09. The van der Waals surface area contributed by atoms with Crippen molar-refractivity contribution in [2.45, 2.75) is 25.8 Å². The van der Waals surface area contributed by atoms with Gasteiger partial charge in [-0.3, -0.25) is 0 Å². The van der Waals surface area contributed by atoms with Gasteiger partial charge in [-0.05, 0) is 31.9 Å². The molecule has 1 unspecified atom stereocenters. The van der Waals surface area contributed by atoms with Gasteiger partial charge in [-0.1, -0.05) is 12.1 Å². The first kappa shape index (κ1) is 13.1. The maximum atomic E-state index is 11.3. The van der Waals surface area contributed by atoms with Crippen LogP contribution in [0.25, 0.3) is 10.9 Å². The number of rotatable bonds is 4. The van der Waals surface area contributed by atoms with Crippen LogP contribution in [0.3, 0.4) is 0 Å². The second-order valence-electron chi connectivity index (χ2n) is 5.26. The Kier molecular flexibility index (Phi) is 3.45. The highest BCUT2D eigenvalue weighted by Gasteiger charge is 2.15. The first-order valence-electron chi connectivity index (χ1n) is 5.85. The molecular formula is C13H19N3OS. The zero-order valence-corrected chi connectivity index (χ0v) is 11.7. The first-order valence-corrected chi connectivity index (χ1v) is 7.40. The van der Waals surface area contributed by atoms with E-state index in [1.54, 1.807) is 6.26 Å². The first-order chi connectivity index (χ1) is 8.37. The molecule has 0 aliphatic heterocycles. The van der Waals surface area contributed by atoms with Gasteiger partial charge in [0, 0.05) is 23.4 Å². The summed E-state index contributed by atoms with van der Waals surface area (Å²) in [7, 11) is -1.08. The van der Waals surface area contributed by atoms with E-state index in [1.165, 1.54) is 5.56 Å². The van der Waals surface area contributed by atoms with Crippen LogP contribution >= 0.6 is 0 Å². The molecule has 18 heavy (non-hydrogen) atoms. The third-order valence-electron chi connectivity index (χ3n) is 2.70. The second-order valence-corrected chi connectivity index (χ2v) is 6.38. The molecule has 1 aromatic heterocycles. The lowest BCUT2D eigenvalue weighted by atomic mass is 9.96. The zero-order chi connectivity index (χ0) is 13.3. The predicted molar refractivity (Wildman–Crippen MR) is 78.0 cm³/mol. The van der Waals surface area contributed by atoms with E-state index in [9.17, 15) is 4.21 Å². The van der Waals surface area contributed by atoms with Gasteiger partial charge in [-0.15, -0.1) is 0 Å². The van der Waals surface area contributed by atoms with E-state index < -0.39 is 11.0 Å². The van der Waals surface area contributed by atoms with Crippen molar-refractivity contribution in [2.75, 3.05) is 11.0 Å². The van der Waals surface area contributed by atoms with Crippen molar-refractivity contribution in [3.8, 4) is 0 Å². The molecule has 1 aromatic carbocycles. The Morgan fingerprint density at radius 1 is 1.44 bits per heavy atom. The Morgan fingerprint density at radius 2 is 2.17 bits per heavy atom. The minimum atomic E-state index is -1.08. The summed E-state index contributed by atoms with van der Waals surface area (Å²) in [5.74, 6) is 0. The molecule has 1 heterocycles. The number of aromatic amines is 1. The van der Waals surface area contributed by atoms with Crippen LogP contribution in [-0.2, 0) is 17.4 Å². The molecule has 0 saturated carbocycles. The molecule has 2 rings (SSSR count). The molecule has 0 fully saturated rings. The highest BCUT2D eigenvalue weighted by Crippen LogP contribution is 2.27. The van der Waals surface area contributed by atoms with Crippen LogP contribution in [-0.4, -0.2) is 21.0 Å². The topological polar surface area (TPSA) is 70.9 Å². The number of hydrogen-bond acceptors (Lipinski definition) is 2. The molecular weight excluding hydrogens is 246 g/mol. The zero-order valence-electron chi connectivity index (χ0n) is 10.9. The van der Waals surface area contributed by atoms with Gasteiger partial charge in [0.05, 0.1) is 11.2 Å². The largest absolute Gasteiger partial charge is 0.359 e. The van der Waals surface area contributed by atoms with Gasteiger partial charge in [-0.25, -0.2) is 4.21 Å². The monoisotopic (exact) mass is 265 g/mol. The summed E-state index contributed by atoms with van der Waals surface area (Å²) >= 11 is 0. The van der Waals surface area contributed by atoms with Gasteiger partial charge >= 0.3 is 0 Å². The molecule has 0 aliphatic rings. The van der Waals surface area contributed by atoms with E-state index >= 15 is 0 Å². The van der Waals surface area contributed by atoms with E-state index in [-0.39, 0.29) is 5.54 Å². The van der Waals surface area contributed by atoms with Crippen molar-refractivity contribution >= 4 is 27.6 Å². The summed E-state index contributed by atoms with van der Waals surface area (Å²) in [5.41, 5.74) is 8.83. The third-order valence-corrected chi connectivity index (χ3v) is 3.21. The van der Waals surface area contributed by atoms with E-state index in [1.807, 2.05) is 32.2 Å². The molecule has 0 spiro atoms. The number of hydrogen-bond donors (Lipinski definition) is 3. The van der Waals surface area contributed by atoms with Crippen LogP contribution in [0, 0.1) is 0 Å². The second kappa shape index (κ2) is 4.74. The summed E-state index contributed by atoms with van der Waals surface area (Å²) in [6.45, 7) is 4.02. The predicted octanol–water partition coefficient (Wildman–Crippen LogP) is 2.15. The van der Waals surface area contributed by atoms with E-state index in [0.717, 1.165) is 23.0 Å². The van der Waals surface area contributed by atoms with Crippen molar-refractivity contribution in [3.05, 3.63) is 30.0 Å². The van der Waals surface area contributed by atoms with Crippen LogP contribution in [0.4, 0.5) is 5.69 Å². The lowest BCUT2D eigenvalue weighted by Crippen LogP contribution is -2.34. The molecule has 0 radical (unpaired) electrons. The average Bonchev–Trinajstić information content (AvgIpc) is 2.59. The molecule has 0 saturated heterocycles. The number of para-hydroxylation sites is 1. The Labute approximate surface area is 110 Å².